The number of pyridine rings is 1. The zero-order chi connectivity index (χ0) is 20.2. The van der Waals surface area contributed by atoms with E-state index in [1.165, 1.54) is 26.2 Å². The third-order valence-electron chi connectivity index (χ3n) is 3.35. The Morgan fingerprint density at radius 2 is 1.96 bits per heavy atom. The number of nitriles is 1. The van der Waals surface area contributed by atoms with Crippen LogP contribution in [0.15, 0.2) is 34.2 Å². The van der Waals surface area contributed by atoms with Crippen LogP contribution in [0, 0.1) is 18.3 Å². The van der Waals surface area contributed by atoms with Gasteiger partial charge in [0.15, 0.2) is 0 Å². The molecule has 0 N–H and O–H groups in total. The lowest BCUT2D eigenvalue weighted by Crippen LogP contribution is -2.10. The molecular formula is C17H13F5N2OS2. The highest BCUT2D eigenvalue weighted by Crippen LogP contribution is 2.38. The molecule has 0 saturated heterocycles. The summed E-state index contributed by atoms with van der Waals surface area (Å²) in [6.45, 7) is 1.42. The number of aryl methyl sites for hydroxylation is 1. The summed E-state index contributed by atoms with van der Waals surface area (Å²) in [4.78, 5) is 4.30. The molecule has 0 saturated carbocycles. The lowest BCUT2D eigenvalue weighted by atomic mass is 10.1. The van der Waals surface area contributed by atoms with Gasteiger partial charge < -0.3 is 4.74 Å². The Kier molecular flexibility index (Phi) is 6.95. The van der Waals surface area contributed by atoms with Crippen LogP contribution in [0.3, 0.4) is 0 Å². The second-order valence-corrected chi connectivity index (χ2v) is 7.25. The smallest absolute Gasteiger partial charge is 0.417 e. The van der Waals surface area contributed by atoms with Gasteiger partial charge >= 0.3 is 6.18 Å². The quantitative estimate of drug-likeness (QED) is 0.430. The van der Waals surface area contributed by atoms with E-state index < -0.39 is 23.1 Å². The summed E-state index contributed by atoms with van der Waals surface area (Å²) in [5.74, 6) is -2.17. The highest BCUT2D eigenvalue weighted by molar-refractivity contribution is 7.99. The van der Waals surface area contributed by atoms with Gasteiger partial charge in [-0.3, -0.25) is 0 Å². The molecule has 0 aliphatic carbocycles. The Hall–Kier alpha value is -1.99. The Morgan fingerprint density at radius 1 is 1.26 bits per heavy atom. The van der Waals surface area contributed by atoms with Gasteiger partial charge in [0, 0.05) is 11.4 Å². The number of nitrogens with zero attached hydrogens (tertiary/aromatic N) is 2. The van der Waals surface area contributed by atoms with Gasteiger partial charge in [-0.05, 0) is 30.7 Å². The fourth-order valence-electron chi connectivity index (χ4n) is 2.23. The molecule has 0 aliphatic heterocycles. The fraction of sp³-hybridized carbons (Fsp3) is 0.294. The summed E-state index contributed by atoms with van der Waals surface area (Å²) >= 11 is 1.30. The molecule has 0 fully saturated rings. The Morgan fingerprint density at radius 3 is 2.52 bits per heavy atom. The van der Waals surface area contributed by atoms with Crippen molar-refractivity contribution in [1.29, 1.82) is 5.26 Å². The highest BCUT2D eigenvalue weighted by atomic mass is 32.2. The van der Waals surface area contributed by atoms with Gasteiger partial charge in [-0.2, -0.15) is 27.2 Å². The number of alkyl halides is 5. The van der Waals surface area contributed by atoms with E-state index >= 15 is 0 Å². The first-order chi connectivity index (χ1) is 12.7. The molecule has 3 nitrogen and oxygen atoms in total. The summed E-state index contributed by atoms with van der Waals surface area (Å²) in [5.41, 5.74) is -0.780. The van der Waals surface area contributed by atoms with E-state index in [4.69, 9.17) is 10.00 Å². The molecule has 0 unspecified atom stereocenters. The molecule has 10 heteroatoms. The minimum absolute atomic E-state index is 0.0326. The van der Waals surface area contributed by atoms with Crippen molar-refractivity contribution in [3.63, 3.8) is 0 Å². The lowest BCUT2D eigenvalue weighted by Gasteiger charge is -2.13. The second kappa shape index (κ2) is 8.80. The lowest BCUT2D eigenvalue weighted by molar-refractivity contribution is -0.138. The van der Waals surface area contributed by atoms with Crippen molar-refractivity contribution in [1.82, 2.24) is 4.98 Å². The number of hydrogen-bond acceptors (Lipinski definition) is 5. The predicted molar refractivity (Wildman–Crippen MR) is 93.1 cm³/mol. The molecule has 0 atom stereocenters. The Labute approximate surface area is 160 Å². The van der Waals surface area contributed by atoms with Crippen molar-refractivity contribution < 1.29 is 26.7 Å². The maximum atomic E-state index is 13.1. The average Bonchev–Trinajstić information content (AvgIpc) is 2.59. The molecule has 1 aromatic carbocycles. The summed E-state index contributed by atoms with van der Waals surface area (Å²) in [5, 5.41) is 9.12. The first-order valence-corrected chi connectivity index (χ1v) is 9.25. The van der Waals surface area contributed by atoms with Crippen molar-refractivity contribution in [2.24, 2.45) is 0 Å². The minimum Gasteiger partial charge on any atom is -0.496 e. The van der Waals surface area contributed by atoms with Gasteiger partial charge in [0.05, 0.1) is 23.1 Å². The van der Waals surface area contributed by atoms with Crippen LogP contribution in [-0.4, -0.2) is 17.9 Å². The second-order valence-electron chi connectivity index (χ2n) is 5.25. The van der Waals surface area contributed by atoms with E-state index in [0.29, 0.717) is 17.3 Å². The van der Waals surface area contributed by atoms with Crippen LogP contribution >= 0.6 is 23.5 Å². The standard InChI is InChI=1S/C17H13F5N2OS2/c1-9-5-12(17(20,21)22)11(7-23)15(24-9)26-8-10-3-4-14(27-16(18)19)13(6-10)25-2/h3-6,16H,8H2,1-2H3. The molecule has 1 aromatic heterocycles. The van der Waals surface area contributed by atoms with Gasteiger partial charge in [0.1, 0.15) is 16.8 Å². The number of hydrogen-bond donors (Lipinski definition) is 0. The molecular weight excluding hydrogens is 407 g/mol. The Balaban J connectivity index is 2.29. The van der Waals surface area contributed by atoms with Crippen LogP contribution in [0.2, 0.25) is 0 Å². The van der Waals surface area contributed by atoms with E-state index in [1.807, 2.05) is 0 Å². The molecule has 0 amide bonds. The van der Waals surface area contributed by atoms with Crippen LogP contribution in [0.4, 0.5) is 22.0 Å². The van der Waals surface area contributed by atoms with Crippen molar-refractivity contribution in [2.45, 2.75) is 34.5 Å². The van der Waals surface area contributed by atoms with Gasteiger partial charge in [-0.25, -0.2) is 4.98 Å². The monoisotopic (exact) mass is 420 g/mol. The van der Waals surface area contributed by atoms with E-state index in [-0.39, 0.29) is 27.1 Å². The zero-order valence-electron chi connectivity index (χ0n) is 14.1. The molecule has 2 aromatic rings. The molecule has 144 valence electrons. The van der Waals surface area contributed by atoms with Crippen LogP contribution in [-0.2, 0) is 11.9 Å². The number of ether oxygens (including phenoxy) is 1. The molecule has 0 bridgehead atoms. The number of thioether (sulfide) groups is 2. The van der Waals surface area contributed by atoms with Crippen molar-refractivity contribution in [2.75, 3.05) is 7.11 Å². The van der Waals surface area contributed by atoms with Crippen LogP contribution in [0.25, 0.3) is 0 Å². The molecule has 2 rings (SSSR count). The van der Waals surface area contributed by atoms with Gasteiger partial charge in [-0.1, -0.05) is 17.8 Å². The minimum atomic E-state index is -4.66. The first-order valence-electron chi connectivity index (χ1n) is 7.39. The van der Waals surface area contributed by atoms with Gasteiger partial charge in [0.25, 0.3) is 5.76 Å². The third kappa shape index (κ3) is 5.49. The van der Waals surface area contributed by atoms with Gasteiger partial charge in [0.2, 0.25) is 0 Å². The third-order valence-corrected chi connectivity index (χ3v) is 5.17. The fourth-order valence-corrected chi connectivity index (χ4v) is 3.82. The van der Waals surface area contributed by atoms with Crippen LogP contribution < -0.4 is 4.74 Å². The van der Waals surface area contributed by atoms with E-state index in [2.05, 4.69) is 4.98 Å². The topological polar surface area (TPSA) is 45.9 Å². The molecule has 0 aliphatic rings. The van der Waals surface area contributed by atoms with Crippen molar-refractivity contribution in [3.8, 4) is 11.8 Å². The zero-order valence-corrected chi connectivity index (χ0v) is 15.7. The number of benzene rings is 1. The van der Waals surface area contributed by atoms with Crippen LogP contribution in [0.1, 0.15) is 22.4 Å². The summed E-state index contributed by atoms with van der Waals surface area (Å²) in [6.07, 6.45) is -4.66. The van der Waals surface area contributed by atoms with Crippen LogP contribution in [0.5, 0.6) is 5.75 Å². The summed E-state index contributed by atoms with van der Waals surface area (Å²) in [7, 11) is 1.34. The predicted octanol–water partition coefficient (Wildman–Crippen LogP) is 5.90. The molecule has 0 spiro atoms. The molecule has 0 radical (unpaired) electrons. The number of rotatable bonds is 6. The summed E-state index contributed by atoms with van der Waals surface area (Å²) < 4.78 is 69.6. The summed E-state index contributed by atoms with van der Waals surface area (Å²) in [6, 6.07) is 6.98. The highest BCUT2D eigenvalue weighted by Gasteiger charge is 2.35. The van der Waals surface area contributed by atoms with E-state index in [9.17, 15) is 22.0 Å². The number of halogens is 5. The van der Waals surface area contributed by atoms with Crippen molar-refractivity contribution >= 4 is 23.5 Å². The number of aromatic nitrogens is 1. The first kappa shape index (κ1) is 21.3. The largest absolute Gasteiger partial charge is 0.496 e. The maximum absolute atomic E-state index is 13.1. The van der Waals surface area contributed by atoms with Crippen molar-refractivity contribution in [3.05, 3.63) is 46.6 Å². The normalized spacial score (nSPS) is 11.5. The Bertz CT molecular complexity index is 866. The maximum Gasteiger partial charge on any atom is 0.417 e. The molecule has 1 heterocycles. The molecule has 27 heavy (non-hydrogen) atoms. The van der Waals surface area contributed by atoms with E-state index in [0.717, 1.165) is 17.8 Å². The van der Waals surface area contributed by atoms with Gasteiger partial charge in [-0.15, -0.1) is 11.8 Å². The number of methoxy groups -OCH3 is 1. The SMILES string of the molecule is COc1cc(CSc2nc(C)cc(C(F)(F)F)c2C#N)ccc1SC(F)F. The average molecular weight is 420 g/mol. The van der Waals surface area contributed by atoms with E-state index in [1.54, 1.807) is 12.1 Å².